The summed E-state index contributed by atoms with van der Waals surface area (Å²) in [5.41, 5.74) is 1.81. The number of rotatable bonds is 2. The average molecular weight is 258 g/mol. The van der Waals surface area contributed by atoms with Gasteiger partial charge in [0.15, 0.2) is 0 Å². The number of hydrogen-bond acceptors (Lipinski definition) is 1. The van der Waals surface area contributed by atoms with Gasteiger partial charge >= 0.3 is 0 Å². The van der Waals surface area contributed by atoms with Crippen LogP contribution in [0.3, 0.4) is 0 Å². The molecule has 1 aromatic carbocycles. The fourth-order valence-electron chi connectivity index (χ4n) is 2.20. The lowest BCUT2D eigenvalue weighted by molar-refractivity contribution is 0.0631. The third kappa shape index (κ3) is 2.50. The van der Waals surface area contributed by atoms with Crippen molar-refractivity contribution in [2.75, 3.05) is 7.05 Å². The summed E-state index contributed by atoms with van der Waals surface area (Å²) in [6, 6.07) is 8.07. The number of carbonyl (C=O) groups is 1. The molecule has 0 fully saturated rings. The normalized spacial score (nSPS) is 13.5. The fourth-order valence-corrected chi connectivity index (χ4v) is 2.20. The molecule has 0 aliphatic carbocycles. The minimum Gasteiger partial charge on any atom is -0.360 e. The largest absolute Gasteiger partial charge is 0.360 e. The van der Waals surface area contributed by atoms with E-state index in [1.807, 2.05) is 36.2 Å². The smallest absolute Gasteiger partial charge is 0.256 e. The zero-order chi connectivity index (χ0) is 14.2. The van der Waals surface area contributed by atoms with Gasteiger partial charge < -0.3 is 9.88 Å². The van der Waals surface area contributed by atoms with E-state index in [9.17, 15) is 4.79 Å². The summed E-state index contributed by atoms with van der Waals surface area (Å²) >= 11 is 0. The van der Waals surface area contributed by atoms with E-state index in [-0.39, 0.29) is 17.4 Å². The number of amides is 1. The molecule has 1 amide bonds. The van der Waals surface area contributed by atoms with Gasteiger partial charge in [-0.15, -0.1) is 0 Å². The molecule has 1 heterocycles. The van der Waals surface area contributed by atoms with Gasteiger partial charge in [-0.25, -0.2) is 0 Å². The van der Waals surface area contributed by atoms with Gasteiger partial charge in [0.2, 0.25) is 0 Å². The number of carbonyl (C=O) groups excluding carboxylic acids is 1. The third-order valence-electron chi connectivity index (χ3n) is 3.97. The quantitative estimate of drug-likeness (QED) is 0.876. The van der Waals surface area contributed by atoms with E-state index in [1.165, 1.54) is 0 Å². The van der Waals surface area contributed by atoms with Crippen molar-refractivity contribution >= 4 is 16.8 Å². The van der Waals surface area contributed by atoms with Gasteiger partial charge in [-0.2, -0.15) is 0 Å². The molecule has 3 nitrogen and oxygen atoms in total. The molecule has 0 saturated heterocycles. The number of nitrogens with zero attached hydrogens (tertiary/aromatic N) is 1. The van der Waals surface area contributed by atoms with Gasteiger partial charge in [0, 0.05) is 30.2 Å². The second-order valence-electron chi connectivity index (χ2n) is 6.21. The first kappa shape index (κ1) is 13.7. The minimum atomic E-state index is 0.0660. The predicted octanol–water partition coefficient (Wildman–Crippen LogP) is 3.67. The van der Waals surface area contributed by atoms with Crippen LogP contribution in [0.2, 0.25) is 0 Å². The van der Waals surface area contributed by atoms with Crippen LogP contribution in [0.4, 0.5) is 0 Å². The van der Waals surface area contributed by atoms with Crippen molar-refractivity contribution in [2.24, 2.45) is 5.41 Å². The Balaban J connectivity index is 2.34. The predicted molar refractivity (Wildman–Crippen MR) is 79.3 cm³/mol. The fraction of sp³-hybridized carbons (Fsp3) is 0.438. The van der Waals surface area contributed by atoms with Crippen LogP contribution < -0.4 is 0 Å². The van der Waals surface area contributed by atoms with Gasteiger partial charge in [-0.3, -0.25) is 4.79 Å². The maximum atomic E-state index is 12.6. The number of aromatic nitrogens is 1. The molecule has 2 aromatic rings. The Morgan fingerprint density at radius 3 is 2.53 bits per heavy atom. The molecule has 19 heavy (non-hydrogen) atoms. The lowest BCUT2D eigenvalue weighted by atomic mass is 9.87. The van der Waals surface area contributed by atoms with Gasteiger partial charge in [-0.05, 0) is 18.4 Å². The standard InChI is InChI=1S/C16H22N2O/c1-11(16(2,3)4)18(5)15(19)13-10-17-14-9-7-6-8-12(13)14/h6-11,17H,1-5H3. The molecular weight excluding hydrogens is 236 g/mol. The lowest BCUT2D eigenvalue weighted by Crippen LogP contribution is -2.42. The van der Waals surface area contributed by atoms with Gasteiger partial charge in [0.25, 0.3) is 5.91 Å². The highest BCUT2D eigenvalue weighted by molar-refractivity contribution is 6.06. The summed E-state index contributed by atoms with van der Waals surface area (Å²) in [5.74, 6) is 0.0693. The highest BCUT2D eigenvalue weighted by Crippen LogP contribution is 2.26. The Hall–Kier alpha value is -1.77. The van der Waals surface area contributed by atoms with Crippen molar-refractivity contribution in [3.05, 3.63) is 36.0 Å². The molecule has 0 spiro atoms. The number of benzene rings is 1. The molecule has 102 valence electrons. The molecule has 1 atom stereocenters. The second kappa shape index (κ2) is 4.72. The lowest BCUT2D eigenvalue weighted by Gasteiger charge is -2.35. The van der Waals surface area contributed by atoms with Crippen molar-refractivity contribution < 1.29 is 4.79 Å². The van der Waals surface area contributed by atoms with Crippen molar-refractivity contribution in [3.8, 4) is 0 Å². The van der Waals surface area contributed by atoms with Crippen LogP contribution >= 0.6 is 0 Å². The van der Waals surface area contributed by atoms with Crippen LogP contribution in [-0.2, 0) is 0 Å². The van der Waals surface area contributed by atoms with E-state index in [4.69, 9.17) is 0 Å². The number of H-pyrrole nitrogens is 1. The summed E-state index contributed by atoms with van der Waals surface area (Å²) in [4.78, 5) is 17.6. The highest BCUT2D eigenvalue weighted by Gasteiger charge is 2.28. The molecule has 0 saturated carbocycles. The molecular formula is C16H22N2O. The molecule has 2 rings (SSSR count). The zero-order valence-electron chi connectivity index (χ0n) is 12.3. The van der Waals surface area contributed by atoms with Gasteiger partial charge in [0.1, 0.15) is 0 Å². The van der Waals surface area contributed by atoms with Gasteiger partial charge in [-0.1, -0.05) is 39.0 Å². The SMILES string of the molecule is CC(N(C)C(=O)c1c[nH]c2ccccc12)C(C)(C)C. The monoisotopic (exact) mass is 258 g/mol. The van der Waals surface area contributed by atoms with Crippen LogP contribution in [0.5, 0.6) is 0 Å². The molecule has 1 N–H and O–H groups in total. The van der Waals surface area contributed by atoms with E-state index in [0.29, 0.717) is 0 Å². The summed E-state index contributed by atoms with van der Waals surface area (Å²) in [6.07, 6.45) is 1.80. The van der Waals surface area contributed by atoms with E-state index in [1.54, 1.807) is 6.20 Å². The van der Waals surface area contributed by atoms with E-state index in [2.05, 4.69) is 32.7 Å². The Morgan fingerprint density at radius 2 is 1.89 bits per heavy atom. The van der Waals surface area contributed by atoms with Crippen molar-refractivity contribution in [1.29, 1.82) is 0 Å². The molecule has 0 aliphatic rings. The number of hydrogen-bond donors (Lipinski definition) is 1. The Bertz CT molecular complexity index is 592. The summed E-state index contributed by atoms with van der Waals surface area (Å²) in [6.45, 7) is 8.54. The van der Waals surface area contributed by atoms with Crippen LogP contribution in [0, 0.1) is 5.41 Å². The summed E-state index contributed by atoms with van der Waals surface area (Å²) in [5, 5.41) is 0.987. The summed E-state index contributed by atoms with van der Waals surface area (Å²) < 4.78 is 0. The second-order valence-corrected chi connectivity index (χ2v) is 6.21. The maximum Gasteiger partial charge on any atom is 0.256 e. The van der Waals surface area contributed by atoms with Crippen LogP contribution in [0.15, 0.2) is 30.5 Å². The topological polar surface area (TPSA) is 36.1 Å². The Morgan fingerprint density at radius 1 is 1.26 bits per heavy atom. The molecule has 0 radical (unpaired) electrons. The van der Waals surface area contributed by atoms with Crippen molar-refractivity contribution in [2.45, 2.75) is 33.7 Å². The third-order valence-corrected chi connectivity index (χ3v) is 3.97. The first-order valence-corrected chi connectivity index (χ1v) is 6.65. The molecule has 0 bridgehead atoms. The van der Waals surface area contributed by atoms with Gasteiger partial charge in [0.05, 0.1) is 5.56 Å². The van der Waals surface area contributed by atoms with Crippen LogP contribution in [-0.4, -0.2) is 28.9 Å². The van der Waals surface area contributed by atoms with Crippen LogP contribution in [0.25, 0.3) is 10.9 Å². The number of para-hydroxylation sites is 1. The van der Waals surface area contributed by atoms with Crippen molar-refractivity contribution in [1.82, 2.24) is 9.88 Å². The maximum absolute atomic E-state index is 12.6. The highest BCUT2D eigenvalue weighted by atomic mass is 16.2. The molecule has 1 unspecified atom stereocenters. The minimum absolute atomic E-state index is 0.0660. The number of nitrogens with one attached hydrogen (secondary N) is 1. The van der Waals surface area contributed by atoms with E-state index >= 15 is 0 Å². The number of fused-ring (bicyclic) bond motifs is 1. The van der Waals surface area contributed by atoms with E-state index < -0.39 is 0 Å². The average Bonchev–Trinajstić information content (AvgIpc) is 2.78. The molecule has 1 aromatic heterocycles. The van der Waals surface area contributed by atoms with Crippen molar-refractivity contribution in [3.63, 3.8) is 0 Å². The number of aromatic amines is 1. The Labute approximate surface area is 114 Å². The van der Waals surface area contributed by atoms with Crippen LogP contribution in [0.1, 0.15) is 38.1 Å². The molecule has 0 aliphatic heterocycles. The summed E-state index contributed by atoms with van der Waals surface area (Å²) in [7, 11) is 1.88. The first-order chi connectivity index (χ1) is 8.82. The Kier molecular flexibility index (Phi) is 3.40. The molecule has 3 heteroatoms. The first-order valence-electron chi connectivity index (χ1n) is 6.65. The zero-order valence-corrected chi connectivity index (χ0v) is 12.3. The van der Waals surface area contributed by atoms with E-state index in [0.717, 1.165) is 16.5 Å².